The van der Waals surface area contributed by atoms with Gasteiger partial charge in [0.15, 0.2) is 0 Å². The van der Waals surface area contributed by atoms with E-state index in [2.05, 4.69) is 22.9 Å². The Morgan fingerprint density at radius 2 is 2.00 bits per heavy atom. The third kappa shape index (κ3) is 4.33. The van der Waals surface area contributed by atoms with E-state index < -0.39 is 11.6 Å². The normalized spacial score (nSPS) is 12.0. The van der Waals surface area contributed by atoms with Gasteiger partial charge in [-0.1, -0.05) is 18.2 Å². The molecule has 114 valence electrons. The van der Waals surface area contributed by atoms with Crippen LogP contribution in [0.4, 0.5) is 0 Å². The average molecular weight is 289 g/mol. The van der Waals surface area contributed by atoms with Crippen molar-refractivity contribution in [2.75, 3.05) is 0 Å². The number of benzene rings is 1. The van der Waals surface area contributed by atoms with Crippen LogP contribution in [0.15, 0.2) is 30.5 Å². The molecule has 0 saturated heterocycles. The minimum Gasteiger partial charge on any atom is -0.481 e. The molecule has 0 amide bonds. The minimum absolute atomic E-state index is 0.198. The van der Waals surface area contributed by atoms with E-state index in [1.165, 1.54) is 10.9 Å². The van der Waals surface area contributed by atoms with Crippen LogP contribution in [0.25, 0.3) is 10.9 Å². The molecule has 0 radical (unpaired) electrons. The van der Waals surface area contributed by atoms with Crippen molar-refractivity contribution in [2.24, 2.45) is 0 Å². The summed E-state index contributed by atoms with van der Waals surface area (Å²) in [5.41, 5.74) is 1.64. The number of hydrogen-bond donors (Lipinski definition) is 2. The molecule has 0 fully saturated rings. The van der Waals surface area contributed by atoms with E-state index >= 15 is 0 Å². The van der Waals surface area contributed by atoms with Gasteiger partial charge in [-0.05, 0) is 44.7 Å². The molecule has 0 bridgehead atoms. The zero-order valence-electron chi connectivity index (χ0n) is 12.7. The molecule has 1 aromatic heterocycles. The van der Waals surface area contributed by atoms with Crippen LogP contribution in [0.5, 0.6) is 0 Å². The van der Waals surface area contributed by atoms with Gasteiger partial charge < -0.3 is 14.8 Å². The van der Waals surface area contributed by atoms with E-state index in [4.69, 9.17) is 5.11 Å². The van der Waals surface area contributed by atoms with Crippen LogP contribution >= 0.6 is 0 Å². The number of aliphatic hydroxyl groups is 1. The number of rotatable bonds is 7. The van der Waals surface area contributed by atoms with Crippen molar-refractivity contribution < 1.29 is 15.0 Å². The van der Waals surface area contributed by atoms with E-state index in [0.29, 0.717) is 12.8 Å². The molecule has 0 spiro atoms. The average Bonchev–Trinajstić information content (AvgIpc) is 2.74. The molecule has 0 atom stereocenters. The minimum atomic E-state index is -0.749. The number of carbonyl (C=O) groups is 1. The van der Waals surface area contributed by atoms with Gasteiger partial charge in [0.2, 0.25) is 0 Å². The maximum Gasteiger partial charge on any atom is 0.303 e. The molecule has 0 saturated carbocycles. The molecule has 2 aromatic rings. The van der Waals surface area contributed by atoms with E-state index in [1.807, 2.05) is 26.0 Å². The fourth-order valence-corrected chi connectivity index (χ4v) is 2.53. The third-order valence-corrected chi connectivity index (χ3v) is 3.67. The molecule has 21 heavy (non-hydrogen) atoms. The lowest BCUT2D eigenvalue weighted by Gasteiger charge is -2.17. The summed E-state index contributed by atoms with van der Waals surface area (Å²) in [7, 11) is 0. The summed E-state index contributed by atoms with van der Waals surface area (Å²) in [4.78, 5) is 10.6. The smallest absolute Gasteiger partial charge is 0.303 e. The summed E-state index contributed by atoms with van der Waals surface area (Å²) in [5, 5.41) is 19.8. The van der Waals surface area contributed by atoms with Gasteiger partial charge in [0.1, 0.15) is 0 Å². The van der Waals surface area contributed by atoms with Gasteiger partial charge in [-0.15, -0.1) is 0 Å². The number of carboxylic acids is 1. The topological polar surface area (TPSA) is 62.5 Å². The van der Waals surface area contributed by atoms with Crippen LogP contribution in [-0.2, 0) is 17.8 Å². The molecule has 0 aliphatic carbocycles. The number of aryl methyl sites for hydroxylation is 2. The van der Waals surface area contributed by atoms with Crippen molar-refractivity contribution >= 4 is 16.9 Å². The number of carboxylic acid groups (broad SMARTS) is 1. The summed E-state index contributed by atoms with van der Waals surface area (Å²) >= 11 is 0. The second-order valence-corrected chi connectivity index (χ2v) is 6.17. The highest BCUT2D eigenvalue weighted by molar-refractivity contribution is 5.84. The number of aliphatic carboxylic acids is 1. The molecule has 0 unspecified atom stereocenters. The monoisotopic (exact) mass is 289 g/mol. The molecule has 0 aliphatic rings. The van der Waals surface area contributed by atoms with E-state index in [-0.39, 0.29) is 6.42 Å². The van der Waals surface area contributed by atoms with Gasteiger partial charge in [-0.25, -0.2) is 0 Å². The first-order valence-corrected chi connectivity index (χ1v) is 7.38. The summed E-state index contributed by atoms with van der Waals surface area (Å²) in [6, 6.07) is 8.15. The van der Waals surface area contributed by atoms with Crippen molar-refractivity contribution in [3.8, 4) is 0 Å². The van der Waals surface area contributed by atoms with Crippen molar-refractivity contribution in [2.45, 2.75) is 51.7 Å². The second kappa shape index (κ2) is 6.31. The summed E-state index contributed by atoms with van der Waals surface area (Å²) in [5.74, 6) is -0.749. The van der Waals surface area contributed by atoms with Crippen LogP contribution in [0.2, 0.25) is 0 Å². The van der Waals surface area contributed by atoms with Crippen LogP contribution in [0, 0.1) is 0 Å². The SMILES string of the molecule is CC(C)(O)CCn1cc(CCCC(=O)O)c2ccccc21. The quantitative estimate of drug-likeness (QED) is 0.822. The predicted molar refractivity (Wildman–Crippen MR) is 83.4 cm³/mol. The Morgan fingerprint density at radius 1 is 1.29 bits per heavy atom. The van der Waals surface area contributed by atoms with Crippen molar-refractivity contribution in [1.29, 1.82) is 0 Å². The molecule has 1 heterocycles. The molecular formula is C17H23NO3. The number of fused-ring (bicyclic) bond motifs is 1. The van der Waals surface area contributed by atoms with Gasteiger partial charge >= 0.3 is 5.97 Å². The fraction of sp³-hybridized carbons (Fsp3) is 0.471. The summed E-state index contributed by atoms with van der Waals surface area (Å²) in [6.45, 7) is 4.38. The largest absolute Gasteiger partial charge is 0.481 e. The molecule has 1 aromatic carbocycles. The first-order valence-electron chi connectivity index (χ1n) is 7.38. The van der Waals surface area contributed by atoms with Crippen molar-refractivity contribution in [3.05, 3.63) is 36.0 Å². The molecule has 0 aliphatic heterocycles. The molecule has 2 rings (SSSR count). The number of hydrogen-bond acceptors (Lipinski definition) is 2. The standard InChI is InChI=1S/C17H23NO3/c1-17(2,21)10-11-18-12-13(6-5-9-16(19)20)14-7-3-4-8-15(14)18/h3-4,7-8,12,21H,5-6,9-11H2,1-2H3,(H,19,20). The first-order chi connectivity index (χ1) is 9.87. The highest BCUT2D eigenvalue weighted by Gasteiger charge is 2.14. The molecule has 4 heteroatoms. The van der Waals surface area contributed by atoms with Gasteiger partial charge in [-0.3, -0.25) is 4.79 Å². The Balaban J connectivity index is 2.19. The highest BCUT2D eigenvalue weighted by Crippen LogP contribution is 2.24. The molecule has 2 N–H and O–H groups in total. The van der Waals surface area contributed by atoms with Gasteiger partial charge in [0, 0.05) is 30.1 Å². The molecular weight excluding hydrogens is 266 g/mol. The van der Waals surface area contributed by atoms with Gasteiger partial charge in [-0.2, -0.15) is 0 Å². The predicted octanol–water partition coefficient (Wildman–Crippen LogP) is 3.21. The Morgan fingerprint density at radius 3 is 2.67 bits per heavy atom. The van der Waals surface area contributed by atoms with Crippen LogP contribution in [-0.4, -0.2) is 26.4 Å². The number of nitrogens with zero attached hydrogens (tertiary/aromatic N) is 1. The maximum absolute atomic E-state index is 10.6. The van der Waals surface area contributed by atoms with E-state index in [9.17, 15) is 9.90 Å². The Bertz CT molecular complexity index is 622. The summed E-state index contributed by atoms with van der Waals surface area (Å²) < 4.78 is 2.16. The fourth-order valence-electron chi connectivity index (χ4n) is 2.53. The number of aromatic nitrogens is 1. The summed E-state index contributed by atoms with van der Waals surface area (Å²) in [6.07, 6.45) is 4.39. The zero-order valence-corrected chi connectivity index (χ0v) is 12.7. The second-order valence-electron chi connectivity index (χ2n) is 6.17. The van der Waals surface area contributed by atoms with Crippen LogP contribution < -0.4 is 0 Å². The lowest BCUT2D eigenvalue weighted by Crippen LogP contribution is -2.20. The zero-order chi connectivity index (χ0) is 15.5. The Hall–Kier alpha value is -1.81. The van der Waals surface area contributed by atoms with E-state index in [1.54, 1.807) is 0 Å². The van der Waals surface area contributed by atoms with Gasteiger partial charge in [0.25, 0.3) is 0 Å². The maximum atomic E-state index is 10.6. The van der Waals surface area contributed by atoms with Crippen molar-refractivity contribution in [3.63, 3.8) is 0 Å². The van der Waals surface area contributed by atoms with Crippen LogP contribution in [0.3, 0.4) is 0 Å². The Kier molecular flexibility index (Phi) is 4.68. The lowest BCUT2D eigenvalue weighted by atomic mass is 10.1. The third-order valence-electron chi connectivity index (χ3n) is 3.67. The lowest BCUT2D eigenvalue weighted by molar-refractivity contribution is -0.137. The highest BCUT2D eigenvalue weighted by atomic mass is 16.4. The van der Waals surface area contributed by atoms with Gasteiger partial charge in [0.05, 0.1) is 5.60 Å². The van der Waals surface area contributed by atoms with Crippen LogP contribution in [0.1, 0.15) is 38.7 Å². The molecule has 4 nitrogen and oxygen atoms in total. The number of para-hydroxylation sites is 1. The van der Waals surface area contributed by atoms with E-state index in [0.717, 1.165) is 18.5 Å². The first kappa shape index (κ1) is 15.6. The van der Waals surface area contributed by atoms with Crippen molar-refractivity contribution in [1.82, 2.24) is 4.57 Å². The Labute approximate surface area is 125 Å².